The molecule has 0 atom stereocenters. The number of carbonyl (C=O) groups is 2. The van der Waals surface area contributed by atoms with Gasteiger partial charge in [-0.05, 0) is 25.0 Å². The normalized spacial score (nSPS) is 10.0. The van der Waals surface area contributed by atoms with Crippen molar-refractivity contribution in [2.75, 3.05) is 5.32 Å². The van der Waals surface area contributed by atoms with Crippen molar-refractivity contribution in [1.29, 1.82) is 0 Å². The summed E-state index contributed by atoms with van der Waals surface area (Å²) in [7, 11) is 0. The van der Waals surface area contributed by atoms with Gasteiger partial charge in [0.2, 0.25) is 11.8 Å². The number of pyridine rings is 1. The summed E-state index contributed by atoms with van der Waals surface area (Å²) < 4.78 is 0. The number of hydrogen-bond acceptors (Lipinski definition) is 3. The molecular formula is C13H19N3O2. The van der Waals surface area contributed by atoms with Crippen LogP contribution in [-0.4, -0.2) is 16.8 Å². The highest BCUT2D eigenvalue weighted by atomic mass is 16.1. The van der Waals surface area contributed by atoms with Gasteiger partial charge < -0.3 is 11.1 Å². The molecule has 3 N–H and O–H groups in total. The molecule has 98 valence electrons. The highest BCUT2D eigenvalue weighted by molar-refractivity contribution is 5.89. The van der Waals surface area contributed by atoms with Crippen LogP contribution < -0.4 is 11.1 Å². The van der Waals surface area contributed by atoms with Crippen LogP contribution in [0, 0.1) is 0 Å². The molecule has 0 aliphatic carbocycles. The Morgan fingerprint density at radius 1 is 1.11 bits per heavy atom. The van der Waals surface area contributed by atoms with Gasteiger partial charge >= 0.3 is 0 Å². The fourth-order valence-corrected chi connectivity index (χ4v) is 1.58. The molecule has 0 aliphatic rings. The van der Waals surface area contributed by atoms with Crippen LogP contribution in [-0.2, 0) is 9.59 Å². The van der Waals surface area contributed by atoms with Crippen LogP contribution in [0.25, 0.3) is 0 Å². The highest BCUT2D eigenvalue weighted by Gasteiger charge is 2.02. The average Bonchev–Trinajstić information content (AvgIpc) is 2.34. The third-order valence-corrected chi connectivity index (χ3v) is 2.51. The largest absolute Gasteiger partial charge is 0.370 e. The van der Waals surface area contributed by atoms with E-state index in [-0.39, 0.29) is 11.8 Å². The molecule has 0 bridgehead atoms. The van der Waals surface area contributed by atoms with E-state index in [0.717, 1.165) is 25.7 Å². The zero-order valence-electron chi connectivity index (χ0n) is 10.4. The molecule has 0 aromatic carbocycles. The number of anilines is 1. The maximum atomic E-state index is 11.5. The Morgan fingerprint density at radius 2 is 1.83 bits per heavy atom. The van der Waals surface area contributed by atoms with E-state index >= 15 is 0 Å². The van der Waals surface area contributed by atoms with Crippen molar-refractivity contribution in [2.24, 2.45) is 5.73 Å². The average molecular weight is 249 g/mol. The molecule has 1 aromatic heterocycles. The molecule has 5 heteroatoms. The van der Waals surface area contributed by atoms with Crippen LogP contribution in [0.2, 0.25) is 0 Å². The Bertz CT molecular complexity index is 379. The second kappa shape index (κ2) is 8.22. The summed E-state index contributed by atoms with van der Waals surface area (Å²) in [6, 6.07) is 5.38. The number of hydrogen-bond donors (Lipinski definition) is 2. The van der Waals surface area contributed by atoms with Gasteiger partial charge in [0.25, 0.3) is 0 Å². The van der Waals surface area contributed by atoms with Crippen molar-refractivity contribution in [2.45, 2.75) is 38.5 Å². The second-order valence-electron chi connectivity index (χ2n) is 4.14. The summed E-state index contributed by atoms with van der Waals surface area (Å²) in [5.41, 5.74) is 5.03. The number of nitrogens with two attached hydrogens (primary N) is 1. The van der Waals surface area contributed by atoms with Crippen molar-refractivity contribution in [3.63, 3.8) is 0 Å². The molecule has 0 fully saturated rings. The zero-order valence-corrected chi connectivity index (χ0v) is 10.4. The van der Waals surface area contributed by atoms with Crippen LogP contribution in [0.3, 0.4) is 0 Å². The highest BCUT2D eigenvalue weighted by Crippen LogP contribution is 2.07. The van der Waals surface area contributed by atoms with Gasteiger partial charge in [0.1, 0.15) is 5.82 Å². The number of amides is 2. The van der Waals surface area contributed by atoms with E-state index in [0.29, 0.717) is 18.7 Å². The maximum absolute atomic E-state index is 11.5. The van der Waals surface area contributed by atoms with Gasteiger partial charge in [0.15, 0.2) is 0 Å². The van der Waals surface area contributed by atoms with Crippen LogP contribution in [0.4, 0.5) is 5.82 Å². The van der Waals surface area contributed by atoms with Gasteiger partial charge in [-0.25, -0.2) is 4.98 Å². The Morgan fingerprint density at radius 3 is 2.44 bits per heavy atom. The molecule has 0 saturated heterocycles. The van der Waals surface area contributed by atoms with Gasteiger partial charge in [-0.15, -0.1) is 0 Å². The first-order valence-corrected chi connectivity index (χ1v) is 6.17. The lowest BCUT2D eigenvalue weighted by Gasteiger charge is -2.03. The standard InChI is InChI=1S/C13H19N3O2/c14-11(17)7-3-1-2-4-9-13(18)16-12-8-5-6-10-15-12/h5-6,8,10H,1-4,7,9H2,(H2,14,17)(H,15,16,18). The Balaban J connectivity index is 2.05. The van der Waals surface area contributed by atoms with E-state index in [1.165, 1.54) is 0 Å². The number of unbranched alkanes of at least 4 members (excludes halogenated alkanes) is 3. The smallest absolute Gasteiger partial charge is 0.225 e. The molecule has 1 heterocycles. The lowest BCUT2D eigenvalue weighted by Crippen LogP contribution is -2.12. The number of nitrogens with zero attached hydrogens (tertiary/aromatic N) is 1. The molecule has 0 radical (unpaired) electrons. The predicted molar refractivity (Wildman–Crippen MR) is 69.8 cm³/mol. The molecule has 1 aromatic rings. The summed E-state index contributed by atoms with van der Waals surface area (Å²) in [5, 5.41) is 2.73. The molecule has 0 aliphatic heterocycles. The van der Waals surface area contributed by atoms with Crippen molar-refractivity contribution < 1.29 is 9.59 Å². The van der Waals surface area contributed by atoms with E-state index in [9.17, 15) is 9.59 Å². The first-order chi connectivity index (χ1) is 8.68. The minimum absolute atomic E-state index is 0.0244. The number of carbonyl (C=O) groups excluding carboxylic acids is 2. The molecule has 0 spiro atoms. The van der Waals surface area contributed by atoms with E-state index in [2.05, 4.69) is 10.3 Å². The Hall–Kier alpha value is -1.91. The van der Waals surface area contributed by atoms with Crippen molar-refractivity contribution in [3.8, 4) is 0 Å². The summed E-state index contributed by atoms with van der Waals surface area (Å²) in [4.78, 5) is 26.0. The number of nitrogens with one attached hydrogen (secondary N) is 1. The fraction of sp³-hybridized carbons (Fsp3) is 0.462. The minimum Gasteiger partial charge on any atom is -0.370 e. The van der Waals surface area contributed by atoms with Gasteiger partial charge in [0, 0.05) is 19.0 Å². The first-order valence-electron chi connectivity index (χ1n) is 6.17. The minimum atomic E-state index is -0.261. The third kappa shape index (κ3) is 6.62. The summed E-state index contributed by atoms with van der Waals surface area (Å²) >= 11 is 0. The second-order valence-corrected chi connectivity index (χ2v) is 4.14. The van der Waals surface area contributed by atoms with Gasteiger partial charge in [-0.2, -0.15) is 0 Å². The number of aromatic nitrogens is 1. The van der Waals surface area contributed by atoms with Crippen LogP contribution in [0.15, 0.2) is 24.4 Å². The molecule has 2 amide bonds. The molecule has 5 nitrogen and oxygen atoms in total. The topological polar surface area (TPSA) is 85.1 Å². The van der Waals surface area contributed by atoms with Crippen LogP contribution >= 0.6 is 0 Å². The molecule has 18 heavy (non-hydrogen) atoms. The number of primary amides is 1. The predicted octanol–water partition coefficient (Wildman–Crippen LogP) is 1.85. The maximum Gasteiger partial charge on any atom is 0.225 e. The van der Waals surface area contributed by atoms with E-state index in [1.54, 1.807) is 18.3 Å². The van der Waals surface area contributed by atoms with Gasteiger partial charge in [-0.3, -0.25) is 9.59 Å². The van der Waals surface area contributed by atoms with E-state index < -0.39 is 0 Å². The van der Waals surface area contributed by atoms with Crippen LogP contribution in [0.1, 0.15) is 38.5 Å². The lowest BCUT2D eigenvalue weighted by molar-refractivity contribution is -0.118. The molecule has 0 unspecified atom stereocenters. The summed E-state index contributed by atoms with van der Waals surface area (Å²) in [6.45, 7) is 0. The third-order valence-electron chi connectivity index (χ3n) is 2.51. The van der Waals surface area contributed by atoms with Crippen molar-refractivity contribution in [3.05, 3.63) is 24.4 Å². The molecular weight excluding hydrogens is 230 g/mol. The van der Waals surface area contributed by atoms with Crippen LogP contribution in [0.5, 0.6) is 0 Å². The molecule has 1 rings (SSSR count). The zero-order chi connectivity index (χ0) is 13.2. The SMILES string of the molecule is NC(=O)CCCCCCC(=O)Nc1ccccn1. The van der Waals surface area contributed by atoms with Crippen molar-refractivity contribution in [1.82, 2.24) is 4.98 Å². The number of rotatable bonds is 8. The van der Waals surface area contributed by atoms with Crippen molar-refractivity contribution >= 4 is 17.6 Å². The first kappa shape index (κ1) is 14.2. The fourth-order valence-electron chi connectivity index (χ4n) is 1.58. The Kier molecular flexibility index (Phi) is 6.46. The van der Waals surface area contributed by atoms with Gasteiger partial charge in [-0.1, -0.05) is 18.9 Å². The summed E-state index contributed by atoms with van der Waals surface area (Å²) in [5.74, 6) is 0.294. The monoisotopic (exact) mass is 249 g/mol. The lowest BCUT2D eigenvalue weighted by atomic mass is 10.1. The summed E-state index contributed by atoms with van der Waals surface area (Å²) in [6.07, 6.45) is 6.03. The molecule has 0 saturated carbocycles. The van der Waals surface area contributed by atoms with Gasteiger partial charge in [0.05, 0.1) is 0 Å². The Labute approximate surface area is 107 Å². The van der Waals surface area contributed by atoms with E-state index in [4.69, 9.17) is 5.73 Å². The van der Waals surface area contributed by atoms with E-state index in [1.807, 2.05) is 6.07 Å². The quantitative estimate of drug-likeness (QED) is 0.689.